The first-order valence-corrected chi connectivity index (χ1v) is 9.02. The van der Waals surface area contributed by atoms with Crippen molar-refractivity contribution in [3.05, 3.63) is 71.3 Å². The van der Waals surface area contributed by atoms with Gasteiger partial charge in [-0.25, -0.2) is 4.39 Å². The third-order valence-corrected chi connectivity index (χ3v) is 4.53. The molecule has 3 rings (SSSR count). The summed E-state index contributed by atoms with van der Waals surface area (Å²) in [5, 5.41) is 5.52. The van der Waals surface area contributed by atoms with Crippen LogP contribution in [0.15, 0.2) is 48.5 Å². The van der Waals surface area contributed by atoms with E-state index in [9.17, 15) is 14.0 Å². The molecule has 0 aliphatic heterocycles. The highest BCUT2D eigenvalue weighted by Gasteiger charge is 2.18. The van der Waals surface area contributed by atoms with Crippen molar-refractivity contribution in [1.82, 2.24) is 4.57 Å². The Kier molecular flexibility index (Phi) is 5.68. The Morgan fingerprint density at radius 3 is 2.31 bits per heavy atom. The zero-order valence-corrected chi connectivity index (χ0v) is 16.7. The van der Waals surface area contributed by atoms with Crippen molar-refractivity contribution < 1.29 is 18.7 Å². The molecule has 0 atom stereocenters. The van der Waals surface area contributed by atoms with Gasteiger partial charge in [-0.2, -0.15) is 0 Å². The molecule has 2 aromatic carbocycles. The molecule has 0 unspecified atom stereocenters. The predicted octanol–water partition coefficient (Wildman–Crippen LogP) is 4.45. The van der Waals surface area contributed by atoms with Crippen LogP contribution in [0.5, 0.6) is 5.75 Å². The van der Waals surface area contributed by atoms with E-state index < -0.39 is 0 Å². The van der Waals surface area contributed by atoms with Crippen LogP contribution < -0.4 is 15.4 Å². The second-order valence-electron chi connectivity index (χ2n) is 6.65. The molecule has 0 radical (unpaired) electrons. The Bertz CT molecular complexity index is 1070. The van der Waals surface area contributed by atoms with Crippen LogP contribution in [0, 0.1) is 19.7 Å². The number of hydrogen-bond acceptors (Lipinski definition) is 3. The van der Waals surface area contributed by atoms with Crippen molar-refractivity contribution in [3.8, 4) is 11.4 Å². The molecule has 0 bridgehead atoms. The Balaban J connectivity index is 1.93. The third-order valence-electron chi connectivity index (χ3n) is 4.53. The Morgan fingerprint density at radius 2 is 1.69 bits per heavy atom. The summed E-state index contributed by atoms with van der Waals surface area (Å²) >= 11 is 0. The summed E-state index contributed by atoms with van der Waals surface area (Å²) in [5.41, 5.74) is 3.81. The number of anilines is 2. The second-order valence-corrected chi connectivity index (χ2v) is 6.65. The summed E-state index contributed by atoms with van der Waals surface area (Å²) in [5.74, 6) is -0.375. The molecule has 29 heavy (non-hydrogen) atoms. The monoisotopic (exact) mass is 395 g/mol. The summed E-state index contributed by atoms with van der Waals surface area (Å²) in [7, 11) is 1.50. The molecule has 3 aromatic rings. The minimum atomic E-state index is -0.319. The van der Waals surface area contributed by atoms with Crippen molar-refractivity contribution in [3.63, 3.8) is 0 Å². The Morgan fingerprint density at radius 1 is 1.00 bits per heavy atom. The molecule has 0 saturated carbocycles. The summed E-state index contributed by atoms with van der Waals surface area (Å²) in [6.45, 7) is 5.12. The highest BCUT2D eigenvalue weighted by atomic mass is 19.1. The highest BCUT2D eigenvalue weighted by molar-refractivity contribution is 6.06. The minimum Gasteiger partial charge on any atom is -0.495 e. The zero-order chi connectivity index (χ0) is 21.1. The highest BCUT2D eigenvalue weighted by Crippen LogP contribution is 2.29. The van der Waals surface area contributed by atoms with Gasteiger partial charge >= 0.3 is 0 Å². The van der Waals surface area contributed by atoms with Crippen LogP contribution in [0.3, 0.4) is 0 Å². The van der Waals surface area contributed by atoms with Crippen molar-refractivity contribution in [1.29, 1.82) is 0 Å². The second kappa shape index (κ2) is 8.18. The number of aryl methyl sites for hydroxylation is 1. The predicted molar refractivity (Wildman–Crippen MR) is 110 cm³/mol. The summed E-state index contributed by atoms with van der Waals surface area (Å²) < 4.78 is 20.5. The fraction of sp³-hybridized carbons (Fsp3) is 0.182. The van der Waals surface area contributed by atoms with Gasteiger partial charge in [0.15, 0.2) is 0 Å². The van der Waals surface area contributed by atoms with E-state index in [-0.39, 0.29) is 17.6 Å². The molecule has 2 N–H and O–H groups in total. The van der Waals surface area contributed by atoms with Gasteiger partial charge in [0.25, 0.3) is 5.91 Å². The van der Waals surface area contributed by atoms with Gasteiger partial charge in [-0.3, -0.25) is 9.59 Å². The Labute approximate surface area is 168 Å². The van der Waals surface area contributed by atoms with E-state index in [2.05, 4.69) is 10.6 Å². The van der Waals surface area contributed by atoms with Crippen molar-refractivity contribution in [2.45, 2.75) is 20.8 Å². The van der Waals surface area contributed by atoms with Crippen LogP contribution in [0.1, 0.15) is 28.7 Å². The maximum absolute atomic E-state index is 13.3. The van der Waals surface area contributed by atoms with Crippen LogP contribution in [0.4, 0.5) is 15.8 Å². The quantitative estimate of drug-likeness (QED) is 0.670. The number of nitrogens with one attached hydrogen (secondary N) is 2. The molecule has 0 aliphatic rings. The van der Waals surface area contributed by atoms with Gasteiger partial charge in [0.05, 0.1) is 18.4 Å². The molecule has 1 heterocycles. The van der Waals surface area contributed by atoms with Gasteiger partial charge in [-0.1, -0.05) is 0 Å². The van der Waals surface area contributed by atoms with E-state index in [1.165, 1.54) is 26.2 Å². The lowest BCUT2D eigenvalue weighted by atomic mass is 10.2. The molecule has 7 heteroatoms. The first kappa shape index (κ1) is 20.1. The third kappa shape index (κ3) is 4.29. The lowest BCUT2D eigenvalue weighted by Gasteiger charge is -2.13. The first-order valence-electron chi connectivity index (χ1n) is 9.02. The number of benzene rings is 2. The minimum absolute atomic E-state index is 0.213. The Hall–Kier alpha value is -3.61. The average molecular weight is 395 g/mol. The normalized spacial score (nSPS) is 10.5. The molecule has 150 valence electrons. The van der Waals surface area contributed by atoms with E-state index in [4.69, 9.17) is 4.74 Å². The van der Waals surface area contributed by atoms with Crippen LogP contribution in [0.2, 0.25) is 0 Å². The molecule has 6 nitrogen and oxygen atoms in total. The molecule has 0 spiro atoms. The fourth-order valence-electron chi connectivity index (χ4n) is 3.26. The molecule has 2 amide bonds. The number of aromatic nitrogens is 1. The van der Waals surface area contributed by atoms with Crippen LogP contribution >= 0.6 is 0 Å². The number of ether oxygens (including phenoxy) is 1. The van der Waals surface area contributed by atoms with Gasteiger partial charge in [0, 0.05) is 29.7 Å². The van der Waals surface area contributed by atoms with Crippen LogP contribution in [-0.2, 0) is 4.79 Å². The van der Waals surface area contributed by atoms with Crippen molar-refractivity contribution >= 4 is 23.2 Å². The molecular weight excluding hydrogens is 373 g/mol. The smallest absolute Gasteiger partial charge is 0.257 e. The number of hydrogen-bond donors (Lipinski definition) is 2. The molecular formula is C22H22FN3O3. The number of halogens is 1. The standard InChI is InChI=1S/C22H22FN3O3/c1-13-11-19(14(2)26(13)18-8-5-16(23)6-9-18)22(28)25-20-12-17(24-15(3)27)7-10-21(20)29-4/h5-12H,1-4H3,(H,24,27)(H,25,28). The average Bonchev–Trinajstić information content (AvgIpc) is 2.97. The molecule has 0 saturated heterocycles. The van der Waals surface area contributed by atoms with Gasteiger partial charge in [-0.05, 0) is 62.4 Å². The van der Waals surface area contributed by atoms with Crippen molar-refractivity contribution in [2.75, 3.05) is 17.7 Å². The number of amides is 2. The fourth-order valence-corrected chi connectivity index (χ4v) is 3.26. The van der Waals surface area contributed by atoms with E-state index in [1.54, 1.807) is 36.4 Å². The lowest BCUT2D eigenvalue weighted by Crippen LogP contribution is -2.14. The van der Waals surface area contributed by atoms with E-state index in [0.717, 1.165) is 17.1 Å². The molecule has 0 fully saturated rings. The number of nitrogens with zero attached hydrogens (tertiary/aromatic N) is 1. The first-order chi connectivity index (χ1) is 13.8. The molecule has 0 aliphatic carbocycles. The van der Waals surface area contributed by atoms with Gasteiger partial charge in [0.1, 0.15) is 11.6 Å². The topological polar surface area (TPSA) is 72.4 Å². The molecule has 1 aromatic heterocycles. The number of rotatable bonds is 5. The van der Waals surface area contributed by atoms with E-state index in [0.29, 0.717) is 22.7 Å². The van der Waals surface area contributed by atoms with Gasteiger partial charge in [0.2, 0.25) is 5.91 Å². The largest absolute Gasteiger partial charge is 0.495 e. The summed E-state index contributed by atoms with van der Waals surface area (Å²) in [4.78, 5) is 24.3. The number of carbonyl (C=O) groups excluding carboxylic acids is 2. The van der Waals surface area contributed by atoms with Gasteiger partial charge in [-0.15, -0.1) is 0 Å². The summed E-state index contributed by atoms with van der Waals surface area (Å²) in [6, 6.07) is 12.9. The van der Waals surface area contributed by atoms with Crippen LogP contribution in [0.25, 0.3) is 5.69 Å². The lowest BCUT2D eigenvalue weighted by molar-refractivity contribution is -0.114. The van der Waals surface area contributed by atoms with E-state index in [1.807, 2.05) is 18.4 Å². The van der Waals surface area contributed by atoms with E-state index >= 15 is 0 Å². The number of carbonyl (C=O) groups is 2. The zero-order valence-electron chi connectivity index (χ0n) is 16.7. The number of methoxy groups -OCH3 is 1. The van der Waals surface area contributed by atoms with Crippen LogP contribution in [-0.4, -0.2) is 23.5 Å². The van der Waals surface area contributed by atoms with Crippen molar-refractivity contribution in [2.24, 2.45) is 0 Å². The SMILES string of the molecule is COc1ccc(NC(C)=O)cc1NC(=O)c1cc(C)n(-c2ccc(F)cc2)c1C. The summed E-state index contributed by atoms with van der Waals surface area (Å²) in [6.07, 6.45) is 0. The maximum Gasteiger partial charge on any atom is 0.257 e. The maximum atomic E-state index is 13.3. The van der Waals surface area contributed by atoms with Gasteiger partial charge < -0.3 is 19.9 Å².